The molecule has 0 nitrogen and oxygen atoms in total. The van der Waals surface area contributed by atoms with Crippen molar-refractivity contribution in [2.45, 2.75) is 17.8 Å². The van der Waals surface area contributed by atoms with E-state index in [2.05, 4.69) is 11.6 Å². The first-order valence-corrected chi connectivity index (χ1v) is 3.73. The third-order valence-corrected chi connectivity index (χ3v) is 1.81. The van der Waals surface area contributed by atoms with Crippen LogP contribution >= 0.6 is 23.4 Å². The molecule has 56 valence electrons. The van der Waals surface area contributed by atoms with Crippen molar-refractivity contribution in [1.82, 2.24) is 0 Å². The molecule has 0 radical (unpaired) electrons. The van der Waals surface area contributed by atoms with Crippen LogP contribution in [0.5, 0.6) is 0 Å². The third kappa shape index (κ3) is 3.92. The van der Waals surface area contributed by atoms with Gasteiger partial charge in [0.15, 0.2) is 0 Å². The van der Waals surface area contributed by atoms with Crippen LogP contribution in [0, 0.1) is 0 Å². The van der Waals surface area contributed by atoms with Crippen molar-refractivity contribution in [3.8, 4) is 0 Å². The van der Waals surface area contributed by atoms with Crippen LogP contribution in [0.4, 0.5) is 13.2 Å². The minimum Gasteiger partial charge on any atom is -0.227 e. The predicted octanol–water partition coefficient (Wildman–Crippen LogP) is 2.87. The van der Waals surface area contributed by atoms with Gasteiger partial charge in [0.25, 0.3) is 0 Å². The molecule has 1 atom stereocenters. The average molecular weight is 179 g/mol. The van der Waals surface area contributed by atoms with Crippen molar-refractivity contribution in [3.63, 3.8) is 0 Å². The smallest absolute Gasteiger partial charge is 0.227 e. The molecule has 0 aliphatic rings. The first-order valence-electron chi connectivity index (χ1n) is 2.31. The maximum absolute atomic E-state index is 12.0. The van der Waals surface area contributed by atoms with Gasteiger partial charge in [-0.25, -0.2) is 4.39 Å². The quantitative estimate of drug-likeness (QED) is 0.599. The summed E-state index contributed by atoms with van der Waals surface area (Å²) >= 11 is 4.82. The molecule has 0 aromatic heterocycles. The van der Waals surface area contributed by atoms with Crippen LogP contribution in [-0.4, -0.2) is 16.6 Å². The maximum atomic E-state index is 12.0. The summed E-state index contributed by atoms with van der Waals surface area (Å²) < 4.78 is 35.3. The van der Waals surface area contributed by atoms with Crippen molar-refractivity contribution >= 4 is 23.4 Å². The van der Waals surface area contributed by atoms with Gasteiger partial charge in [0.2, 0.25) is 5.50 Å². The molecule has 0 aliphatic heterocycles. The largest absolute Gasteiger partial charge is 0.361 e. The zero-order chi connectivity index (χ0) is 7.49. The highest BCUT2D eigenvalue weighted by atomic mass is 35.5. The fourth-order valence-electron chi connectivity index (χ4n) is 0.241. The highest BCUT2D eigenvalue weighted by molar-refractivity contribution is 7.99. The summed E-state index contributed by atoms with van der Waals surface area (Å²) in [4.78, 5) is 0. The van der Waals surface area contributed by atoms with Crippen LogP contribution in [0.1, 0.15) is 6.92 Å². The lowest BCUT2D eigenvalue weighted by molar-refractivity contribution is 0.0486. The summed E-state index contributed by atoms with van der Waals surface area (Å²) in [7, 11) is 0. The summed E-state index contributed by atoms with van der Waals surface area (Å²) in [5, 5.41) is -3.72. The Bertz CT molecular complexity index is 82.4. The van der Waals surface area contributed by atoms with Crippen LogP contribution in [-0.2, 0) is 0 Å². The first-order chi connectivity index (χ1) is 3.98. The van der Waals surface area contributed by atoms with E-state index >= 15 is 0 Å². The third-order valence-electron chi connectivity index (χ3n) is 0.570. The Morgan fingerprint density at radius 2 is 2.11 bits per heavy atom. The van der Waals surface area contributed by atoms with E-state index < -0.39 is 10.9 Å². The molecule has 0 saturated heterocycles. The van der Waals surface area contributed by atoms with Gasteiger partial charge in [-0.3, -0.25) is 0 Å². The molecular formula is C4H6ClF3S. The Hall–Kier alpha value is 0.430. The normalized spacial score (nSPS) is 15.7. The van der Waals surface area contributed by atoms with E-state index in [9.17, 15) is 13.2 Å². The van der Waals surface area contributed by atoms with E-state index in [0.29, 0.717) is 17.5 Å². The van der Waals surface area contributed by atoms with Gasteiger partial charge in [0.1, 0.15) is 0 Å². The Balaban J connectivity index is 3.59. The molecule has 0 saturated carbocycles. The second kappa shape index (κ2) is 3.56. The highest BCUT2D eigenvalue weighted by Gasteiger charge is 2.37. The van der Waals surface area contributed by atoms with Gasteiger partial charge in [-0.05, 0) is 17.4 Å². The fourth-order valence-corrected chi connectivity index (χ4v) is 0.911. The molecule has 0 bridgehead atoms. The lowest BCUT2D eigenvalue weighted by atomic mass is 10.8. The fraction of sp³-hybridized carbons (Fsp3) is 1.00. The Kier molecular flexibility index (Phi) is 3.73. The number of halogens is 4. The summed E-state index contributed by atoms with van der Waals surface area (Å²) in [5.74, 6) is 0.295. The minimum absolute atomic E-state index is 0.295. The molecule has 0 rings (SSSR count). The van der Waals surface area contributed by atoms with Gasteiger partial charge in [-0.1, -0.05) is 6.92 Å². The SMILES string of the molecule is CCSC(F)C(F)(F)Cl. The molecule has 0 heterocycles. The van der Waals surface area contributed by atoms with Gasteiger partial charge in [-0.2, -0.15) is 8.78 Å². The molecule has 0 spiro atoms. The number of hydrogen-bond acceptors (Lipinski definition) is 1. The zero-order valence-electron chi connectivity index (χ0n) is 4.70. The number of rotatable bonds is 3. The first kappa shape index (κ1) is 9.43. The highest BCUT2D eigenvalue weighted by Crippen LogP contribution is 2.33. The molecule has 0 amide bonds. The van der Waals surface area contributed by atoms with E-state index in [4.69, 9.17) is 0 Å². The van der Waals surface area contributed by atoms with E-state index in [1.165, 1.54) is 0 Å². The van der Waals surface area contributed by atoms with Crippen LogP contribution in [0.15, 0.2) is 0 Å². The Morgan fingerprint density at radius 1 is 1.67 bits per heavy atom. The second-order valence-electron chi connectivity index (χ2n) is 1.31. The van der Waals surface area contributed by atoms with Crippen molar-refractivity contribution in [1.29, 1.82) is 0 Å². The van der Waals surface area contributed by atoms with Gasteiger partial charge < -0.3 is 0 Å². The predicted molar refractivity (Wildman–Crippen MR) is 33.8 cm³/mol. The molecule has 0 aliphatic carbocycles. The zero-order valence-corrected chi connectivity index (χ0v) is 6.28. The minimum atomic E-state index is -3.72. The molecule has 9 heavy (non-hydrogen) atoms. The Labute approximate surface area is 60.8 Å². The van der Waals surface area contributed by atoms with Gasteiger partial charge >= 0.3 is 5.38 Å². The number of hydrogen-bond donors (Lipinski definition) is 0. The summed E-state index contributed by atoms with van der Waals surface area (Å²) in [6, 6.07) is 0. The molecule has 0 aromatic carbocycles. The Morgan fingerprint density at radius 3 is 2.22 bits per heavy atom. The lowest BCUT2D eigenvalue weighted by Crippen LogP contribution is -2.19. The number of thioether (sulfide) groups is 1. The second-order valence-corrected chi connectivity index (χ2v) is 3.14. The molecule has 0 N–H and O–H groups in total. The monoisotopic (exact) mass is 178 g/mol. The molecule has 5 heteroatoms. The summed E-state index contributed by atoms with van der Waals surface area (Å²) in [6.45, 7) is 1.58. The van der Waals surface area contributed by atoms with Crippen molar-refractivity contribution in [2.75, 3.05) is 5.75 Å². The van der Waals surface area contributed by atoms with Gasteiger partial charge in [0.05, 0.1) is 0 Å². The lowest BCUT2D eigenvalue weighted by Gasteiger charge is -2.10. The summed E-state index contributed by atoms with van der Waals surface area (Å²) in [5.41, 5.74) is -2.29. The van der Waals surface area contributed by atoms with Gasteiger partial charge in [0, 0.05) is 0 Å². The maximum Gasteiger partial charge on any atom is 0.361 e. The van der Waals surface area contributed by atoms with Crippen LogP contribution < -0.4 is 0 Å². The van der Waals surface area contributed by atoms with Crippen LogP contribution in [0.2, 0.25) is 0 Å². The summed E-state index contributed by atoms with van der Waals surface area (Å²) in [6.07, 6.45) is 0. The average Bonchev–Trinajstić information content (AvgIpc) is 1.64. The van der Waals surface area contributed by atoms with E-state index in [0.717, 1.165) is 0 Å². The van der Waals surface area contributed by atoms with Crippen LogP contribution in [0.3, 0.4) is 0 Å². The standard InChI is InChI=1S/C4H6ClF3S/c1-2-9-3(6)4(5,7)8/h3H,2H2,1H3. The van der Waals surface area contributed by atoms with E-state index in [1.807, 2.05) is 0 Å². The van der Waals surface area contributed by atoms with Crippen molar-refractivity contribution in [3.05, 3.63) is 0 Å². The number of alkyl halides is 4. The molecule has 0 aromatic rings. The topological polar surface area (TPSA) is 0 Å². The van der Waals surface area contributed by atoms with Crippen molar-refractivity contribution in [2.24, 2.45) is 0 Å². The molecule has 0 fully saturated rings. The van der Waals surface area contributed by atoms with Crippen LogP contribution in [0.25, 0.3) is 0 Å². The molecule has 1 unspecified atom stereocenters. The van der Waals surface area contributed by atoms with E-state index in [-0.39, 0.29) is 0 Å². The van der Waals surface area contributed by atoms with Crippen molar-refractivity contribution < 1.29 is 13.2 Å². The van der Waals surface area contributed by atoms with Gasteiger partial charge in [-0.15, -0.1) is 11.8 Å². The van der Waals surface area contributed by atoms with E-state index in [1.54, 1.807) is 6.92 Å². The molecular weight excluding hydrogens is 173 g/mol.